The van der Waals surface area contributed by atoms with E-state index in [1.54, 1.807) is 0 Å². The van der Waals surface area contributed by atoms with E-state index in [2.05, 4.69) is 11.2 Å². The van der Waals surface area contributed by atoms with Gasteiger partial charge in [0.15, 0.2) is 0 Å². The smallest absolute Gasteiger partial charge is 0.410 e. The fraction of sp³-hybridized carbons (Fsp3) is 0.824. The zero-order chi connectivity index (χ0) is 15.7. The molecule has 1 N–H and O–H groups in total. The van der Waals surface area contributed by atoms with Crippen LogP contribution in [0.1, 0.15) is 59.3 Å². The maximum Gasteiger partial charge on any atom is 0.410 e. The van der Waals surface area contributed by atoms with Crippen LogP contribution in [0.5, 0.6) is 0 Å². The summed E-state index contributed by atoms with van der Waals surface area (Å²) in [5.74, 6) is 2.55. The van der Waals surface area contributed by atoms with Crippen LogP contribution in [-0.4, -0.2) is 42.3 Å². The van der Waals surface area contributed by atoms with Crippen molar-refractivity contribution in [3.8, 4) is 12.3 Å². The second-order valence-electron chi connectivity index (χ2n) is 6.70. The lowest BCUT2D eigenvalue weighted by Gasteiger charge is -2.33. The number of terminal acetylenes is 1. The van der Waals surface area contributed by atoms with Crippen LogP contribution in [0.2, 0.25) is 0 Å². The lowest BCUT2D eigenvalue weighted by molar-refractivity contribution is 0.0148. The van der Waals surface area contributed by atoms with Crippen molar-refractivity contribution in [2.24, 2.45) is 0 Å². The van der Waals surface area contributed by atoms with Gasteiger partial charge in [-0.05, 0) is 33.6 Å². The molecule has 0 radical (unpaired) electrons. The summed E-state index contributed by atoms with van der Waals surface area (Å²) in [7, 11) is 0. The number of carbonyl (C=O) groups is 1. The van der Waals surface area contributed by atoms with Gasteiger partial charge in [0.05, 0.1) is 6.54 Å². The molecule has 1 fully saturated rings. The van der Waals surface area contributed by atoms with Crippen LogP contribution in [0.15, 0.2) is 0 Å². The van der Waals surface area contributed by atoms with E-state index in [-0.39, 0.29) is 6.09 Å². The van der Waals surface area contributed by atoms with Gasteiger partial charge in [-0.25, -0.2) is 4.79 Å². The Hall–Kier alpha value is -1.21. The van der Waals surface area contributed by atoms with Crippen LogP contribution in [-0.2, 0) is 4.74 Å². The average Bonchev–Trinajstić information content (AvgIpc) is 2.65. The fourth-order valence-corrected chi connectivity index (χ4v) is 2.67. The maximum absolute atomic E-state index is 12.5. The lowest BCUT2D eigenvalue weighted by Crippen LogP contribution is -2.46. The molecule has 0 saturated heterocycles. The molecule has 0 spiro atoms. The van der Waals surface area contributed by atoms with E-state index < -0.39 is 5.60 Å². The Labute approximate surface area is 129 Å². The van der Waals surface area contributed by atoms with Crippen LogP contribution in [0, 0.1) is 12.3 Å². The van der Waals surface area contributed by atoms with Gasteiger partial charge < -0.3 is 15.0 Å². The van der Waals surface area contributed by atoms with E-state index >= 15 is 0 Å². The Bertz CT molecular complexity index is 347. The molecule has 1 aliphatic rings. The van der Waals surface area contributed by atoms with Gasteiger partial charge in [0.1, 0.15) is 5.60 Å². The molecular weight excluding hydrogens is 264 g/mol. The molecule has 1 aliphatic carbocycles. The largest absolute Gasteiger partial charge is 0.444 e. The number of carbonyl (C=O) groups excluding carboxylic acids is 1. The molecule has 0 bridgehead atoms. The molecule has 1 saturated carbocycles. The first kappa shape index (κ1) is 17.8. The Morgan fingerprint density at radius 2 is 1.90 bits per heavy atom. The molecule has 0 aromatic rings. The van der Waals surface area contributed by atoms with Gasteiger partial charge in [-0.15, -0.1) is 6.42 Å². The molecule has 0 aromatic carbocycles. The summed E-state index contributed by atoms with van der Waals surface area (Å²) in [5, 5.41) is 3.15. The van der Waals surface area contributed by atoms with Crippen LogP contribution >= 0.6 is 0 Å². The number of ether oxygens (including phenoxy) is 1. The zero-order valence-corrected chi connectivity index (χ0v) is 13.8. The molecule has 4 nitrogen and oxygen atoms in total. The second-order valence-corrected chi connectivity index (χ2v) is 6.70. The van der Waals surface area contributed by atoms with Gasteiger partial charge in [-0.3, -0.25) is 0 Å². The molecule has 21 heavy (non-hydrogen) atoms. The van der Waals surface area contributed by atoms with E-state index in [4.69, 9.17) is 11.2 Å². The SMILES string of the molecule is C#CCNCCN(C(=O)OC(C)(C)C)C1CCCCCC1. The minimum Gasteiger partial charge on any atom is -0.444 e. The molecule has 0 aromatic heterocycles. The van der Waals surface area contributed by atoms with Crippen LogP contribution < -0.4 is 5.32 Å². The lowest BCUT2D eigenvalue weighted by atomic mass is 10.1. The highest BCUT2D eigenvalue weighted by Crippen LogP contribution is 2.23. The standard InChI is InChI=1S/C17H30N2O2/c1-5-12-18-13-14-19(16(20)21-17(2,3)4)15-10-8-6-7-9-11-15/h1,15,18H,6-14H2,2-4H3. The van der Waals surface area contributed by atoms with E-state index in [1.165, 1.54) is 25.7 Å². The van der Waals surface area contributed by atoms with E-state index in [1.807, 2.05) is 25.7 Å². The fourth-order valence-electron chi connectivity index (χ4n) is 2.67. The van der Waals surface area contributed by atoms with E-state index in [0.717, 1.165) is 12.8 Å². The molecule has 1 rings (SSSR count). The first-order valence-corrected chi connectivity index (χ1v) is 8.08. The summed E-state index contributed by atoms with van der Waals surface area (Å²) in [4.78, 5) is 14.4. The second kappa shape index (κ2) is 8.94. The molecule has 0 heterocycles. The molecule has 0 unspecified atom stereocenters. The average molecular weight is 294 g/mol. The molecule has 4 heteroatoms. The number of nitrogens with one attached hydrogen (secondary N) is 1. The van der Waals surface area contributed by atoms with E-state index in [9.17, 15) is 4.79 Å². The molecule has 0 atom stereocenters. The molecular formula is C17H30N2O2. The third-order valence-electron chi connectivity index (χ3n) is 3.65. The van der Waals surface area contributed by atoms with Crippen molar-refractivity contribution in [3.63, 3.8) is 0 Å². The third-order valence-corrected chi connectivity index (χ3v) is 3.65. The predicted molar refractivity (Wildman–Crippen MR) is 86.1 cm³/mol. The molecule has 1 amide bonds. The minimum atomic E-state index is -0.452. The monoisotopic (exact) mass is 294 g/mol. The van der Waals surface area contributed by atoms with Crippen molar-refractivity contribution in [1.29, 1.82) is 0 Å². The van der Waals surface area contributed by atoms with Gasteiger partial charge in [0, 0.05) is 19.1 Å². The Balaban J connectivity index is 2.63. The first-order chi connectivity index (χ1) is 9.94. The first-order valence-electron chi connectivity index (χ1n) is 8.08. The number of amides is 1. The topological polar surface area (TPSA) is 41.6 Å². The summed E-state index contributed by atoms with van der Waals surface area (Å²) in [6, 6.07) is 0.301. The van der Waals surface area contributed by atoms with Crippen LogP contribution in [0.4, 0.5) is 4.79 Å². The summed E-state index contributed by atoms with van der Waals surface area (Å²) in [5.41, 5.74) is -0.452. The normalized spacial score (nSPS) is 16.9. The maximum atomic E-state index is 12.5. The van der Waals surface area contributed by atoms with Gasteiger partial charge >= 0.3 is 6.09 Å². The van der Waals surface area contributed by atoms with Crippen LogP contribution in [0.3, 0.4) is 0 Å². The Morgan fingerprint density at radius 1 is 1.29 bits per heavy atom. The number of hydrogen-bond donors (Lipinski definition) is 1. The van der Waals surface area contributed by atoms with Crippen molar-refractivity contribution in [2.75, 3.05) is 19.6 Å². The number of hydrogen-bond acceptors (Lipinski definition) is 3. The third kappa shape index (κ3) is 7.38. The van der Waals surface area contributed by atoms with E-state index in [0.29, 0.717) is 25.7 Å². The predicted octanol–water partition coefficient (Wildman–Crippen LogP) is 3.17. The highest BCUT2D eigenvalue weighted by molar-refractivity contribution is 5.68. The Morgan fingerprint density at radius 3 is 2.43 bits per heavy atom. The van der Waals surface area contributed by atoms with Gasteiger partial charge in [0.25, 0.3) is 0 Å². The highest BCUT2D eigenvalue weighted by atomic mass is 16.6. The van der Waals surface area contributed by atoms with Crippen molar-refractivity contribution < 1.29 is 9.53 Å². The van der Waals surface area contributed by atoms with Gasteiger partial charge in [-0.2, -0.15) is 0 Å². The van der Waals surface area contributed by atoms with Crippen molar-refractivity contribution in [1.82, 2.24) is 10.2 Å². The van der Waals surface area contributed by atoms with Crippen molar-refractivity contribution in [3.05, 3.63) is 0 Å². The molecule has 120 valence electrons. The number of nitrogens with zero attached hydrogens (tertiary/aromatic N) is 1. The number of rotatable bonds is 5. The quantitative estimate of drug-likeness (QED) is 0.481. The minimum absolute atomic E-state index is 0.197. The van der Waals surface area contributed by atoms with Crippen LogP contribution in [0.25, 0.3) is 0 Å². The van der Waals surface area contributed by atoms with Crippen molar-refractivity contribution in [2.45, 2.75) is 70.9 Å². The van der Waals surface area contributed by atoms with Gasteiger partial charge in [0.2, 0.25) is 0 Å². The summed E-state index contributed by atoms with van der Waals surface area (Å²) in [6.07, 6.45) is 12.1. The highest BCUT2D eigenvalue weighted by Gasteiger charge is 2.28. The summed E-state index contributed by atoms with van der Waals surface area (Å²) in [6.45, 7) is 7.63. The summed E-state index contributed by atoms with van der Waals surface area (Å²) >= 11 is 0. The zero-order valence-electron chi connectivity index (χ0n) is 13.8. The summed E-state index contributed by atoms with van der Waals surface area (Å²) < 4.78 is 5.57. The molecule has 0 aliphatic heterocycles. The van der Waals surface area contributed by atoms with Crippen molar-refractivity contribution >= 4 is 6.09 Å². The Kier molecular flexibility index (Phi) is 7.60. The van der Waals surface area contributed by atoms with Gasteiger partial charge in [-0.1, -0.05) is 31.6 Å².